The molecule has 2 rings (SSSR count). The molecule has 0 fully saturated rings. The molecule has 19 heavy (non-hydrogen) atoms. The number of nitrogens with two attached hydrogens (primary N) is 1. The SMILES string of the molecule is COc1c(Cl)cccc1-n1nc(C(F)(F)F)cc1N. The fourth-order valence-electron chi connectivity index (χ4n) is 1.59. The number of nitrogen functional groups attached to an aromatic ring is 1. The smallest absolute Gasteiger partial charge is 0.435 e. The molecule has 0 amide bonds. The molecule has 4 nitrogen and oxygen atoms in total. The second kappa shape index (κ2) is 4.65. The number of nitrogens with zero attached hydrogens (tertiary/aromatic N) is 2. The van der Waals surface area contributed by atoms with Crippen LogP contribution < -0.4 is 10.5 Å². The molecule has 102 valence electrons. The molecule has 2 aromatic rings. The predicted octanol–water partition coefficient (Wildman–Crippen LogP) is 3.14. The van der Waals surface area contributed by atoms with E-state index < -0.39 is 11.9 Å². The van der Waals surface area contributed by atoms with Gasteiger partial charge in [0, 0.05) is 6.07 Å². The molecule has 0 aliphatic carbocycles. The van der Waals surface area contributed by atoms with E-state index in [1.807, 2.05) is 0 Å². The Morgan fingerprint density at radius 1 is 1.37 bits per heavy atom. The van der Waals surface area contributed by atoms with Crippen molar-refractivity contribution in [3.63, 3.8) is 0 Å². The van der Waals surface area contributed by atoms with Crippen molar-refractivity contribution in [3.8, 4) is 11.4 Å². The number of ether oxygens (including phenoxy) is 1. The second-order valence-corrected chi connectivity index (χ2v) is 4.06. The summed E-state index contributed by atoms with van der Waals surface area (Å²) in [7, 11) is 1.36. The number of hydrogen-bond acceptors (Lipinski definition) is 3. The number of aromatic nitrogens is 2. The molecule has 0 saturated heterocycles. The first-order valence-electron chi connectivity index (χ1n) is 5.10. The Morgan fingerprint density at radius 3 is 2.58 bits per heavy atom. The van der Waals surface area contributed by atoms with Crippen LogP contribution in [0, 0.1) is 0 Å². The number of methoxy groups -OCH3 is 1. The van der Waals surface area contributed by atoms with Crippen molar-refractivity contribution in [1.29, 1.82) is 0 Å². The molecule has 1 aromatic carbocycles. The van der Waals surface area contributed by atoms with Crippen LogP contribution >= 0.6 is 11.6 Å². The van der Waals surface area contributed by atoms with Crippen LogP contribution in [0.3, 0.4) is 0 Å². The maximum absolute atomic E-state index is 12.6. The van der Waals surface area contributed by atoms with Crippen LogP contribution in [0.4, 0.5) is 19.0 Å². The van der Waals surface area contributed by atoms with E-state index in [2.05, 4.69) is 5.10 Å². The zero-order valence-corrected chi connectivity index (χ0v) is 10.5. The Bertz CT molecular complexity index is 610. The molecule has 1 aromatic heterocycles. The number of alkyl halides is 3. The second-order valence-electron chi connectivity index (χ2n) is 3.66. The highest BCUT2D eigenvalue weighted by molar-refractivity contribution is 6.32. The third kappa shape index (κ3) is 2.46. The highest BCUT2D eigenvalue weighted by Crippen LogP contribution is 2.35. The van der Waals surface area contributed by atoms with Gasteiger partial charge in [0.15, 0.2) is 11.4 Å². The number of hydrogen-bond donors (Lipinski definition) is 1. The summed E-state index contributed by atoms with van der Waals surface area (Å²) >= 11 is 5.90. The van der Waals surface area contributed by atoms with Crippen molar-refractivity contribution in [1.82, 2.24) is 9.78 Å². The molecule has 0 atom stereocenters. The van der Waals surface area contributed by atoms with Gasteiger partial charge in [0.2, 0.25) is 0 Å². The highest BCUT2D eigenvalue weighted by Gasteiger charge is 2.35. The van der Waals surface area contributed by atoms with Crippen LogP contribution in [-0.4, -0.2) is 16.9 Å². The zero-order valence-electron chi connectivity index (χ0n) is 9.70. The summed E-state index contributed by atoms with van der Waals surface area (Å²) in [5, 5.41) is 3.68. The van der Waals surface area contributed by atoms with Crippen LogP contribution in [-0.2, 0) is 6.18 Å². The van der Waals surface area contributed by atoms with E-state index in [1.54, 1.807) is 12.1 Å². The van der Waals surface area contributed by atoms with Gasteiger partial charge >= 0.3 is 6.18 Å². The average Bonchev–Trinajstić information content (AvgIpc) is 2.70. The Balaban J connectivity index is 2.60. The number of benzene rings is 1. The third-order valence-electron chi connectivity index (χ3n) is 2.41. The Morgan fingerprint density at radius 2 is 2.05 bits per heavy atom. The lowest BCUT2D eigenvalue weighted by Crippen LogP contribution is -2.08. The third-order valence-corrected chi connectivity index (χ3v) is 2.70. The van der Waals surface area contributed by atoms with Crippen molar-refractivity contribution >= 4 is 17.4 Å². The van der Waals surface area contributed by atoms with Gasteiger partial charge in [0.25, 0.3) is 0 Å². The molecule has 0 bridgehead atoms. The summed E-state index contributed by atoms with van der Waals surface area (Å²) in [5.74, 6) is 0.0422. The summed E-state index contributed by atoms with van der Waals surface area (Å²) in [6.07, 6.45) is -4.56. The highest BCUT2D eigenvalue weighted by atomic mass is 35.5. The lowest BCUT2D eigenvalue weighted by Gasteiger charge is -2.11. The molecule has 1 heterocycles. The Labute approximate surface area is 111 Å². The Kier molecular flexibility index (Phi) is 3.32. The number of halogens is 4. The molecule has 0 unspecified atom stereocenters. The molecule has 8 heteroatoms. The monoisotopic (exact) mass is 291 g/mol. The van der Waals surface area contributed by atoms with Crippen molar-refractivity contribution < 1.29 is 17.9 Å². The van der Waals surface area contributed by atoms with Gasteiger partial charge in [-0.15, -0.1) is 0 Å². The molecule has 0 radical (unpaired) electrons. The van der Waals surface area contributed by atoms with E-state index in [4.69, 9.17) is 22.1 Å². The molecule has 0 aliphatic heterocycles. The van der Waals surface area contributed by atoms with Gasteiger partial charge in [-0.3, -0.25) is 0 Å². The van der Waals surface area contributed by atoms with Crippen LogP contribution in [0.1, 0.15) is 5.69 Å². The van der Waals surface area contributed by atoms with Crippen LogP contribution in [0.5, 0.6) is 5.75 Å². The predicted molar refractivity (Wildman–Crippen MR) is 64.5 cm³/mol. The van der Waals surface area contributed by atoms with E-state index >= 15 is 0 Å². The lowest BCUT2D eigenvalue weighted by atomic mass is 10.3. The van der Waals surface area contributed by atoms with Gasteiger partial charge in [-0.25, -0.2) is 4.68 Å². The first-order valence-corrected chi connectivity index (χ1v) is 5.48. The minimum atomic E-state index is -4.56. The summed E-state index contributed by atoms with van der Waals surface area (Å²) in [4.78, 5) is 0. The van der Waals surface area contributed by atoms with Crippen molar-refractivity contribution in [2.24, 2.45) is 0 Å². The molecule has 2 N–H and O–H groups in total. The minimum Gasteiger partial charge on any atom is -0.493 e. The maximum Gasteiger partial charge on any atom is 0.435 e. The van der Waals surface area contributed by atoms with Crippen LogP contribution in [0.15, 0.2) is 24.3 Å². The van der Waals surface area contributed by atoms with E-state index in [9.17, 15) is 13.2 Å². The molecule has 0 saturated carbocycles. The largest absolute Gasteiger partial charge is 0.493 e. The molecular formula is C11H9ClF3N3O. The lowest BCUT2D eigenvalue weighted by molar-refractivity contribution is -0.141. The van der Waals surface area contributed by atoms with E-state index in [-0.39, 0.29) is 22.3 Å². The quantitative estimate of drug-likeness (QED) is 0.925. The molecule has 0 aliphatic rings. The van der Waals surface area contributed by atoms with Gasteiger partial charge in [0.1, 0.15) is 11.5 Å². The first kappa shape index (κ1) is 13.5. The van der Waals surface area contributed by atoms with Crippen LogP contribution in [0.2, 0.25) is 5.02 Å². The summed E-state index contributed by atoms with van der Waals surface area (Å²) in [5.41, 5.74) is 4.71. The standard InChI is InChI=1S/C11H9ClF3N3O/c1-19-10-6(12)3-2-4-7(10)18-9(16)5-8(17-18)11(13,14)15/h2-5H,16H2,1H3. The fraction of sp³-hybridized carbons (Fsp3) is 0.182. The van der Waals surface area contributed by atoms with Crippen LogP contribution in [0.25, 0.3) is 5.69 Å². The van der Waals surface area contributed by atoms with Crippen molar-refractivity contribution in [2.45, 2.75) is 6.18 Å². The Hall–Kier alpha value is -1.89. The normalized spacial score (nSPS) is 11.6. The minimum absolute atomic E-state index is 0.159. The van der Waals surface area contributed by atoms with Gasteiger partial charge in [-0.2, -0.15) is 18.3 Å². The molecular weight excluding hydrogens is 283 g/mol. The van der Waals surface area contributed by atoms with Crippen molar-refractivity contribution in [2.75, 3.05) is 12.8 Å². The average molecular weight is 292 g/mol. The summed E-state index contributed by atoms with van der Waals surface area (Å²) in [6.45, 7) is 0. The molecule has 0 spiro atoms. The van der Waals surface area contributed by atoms with Gasteiger partial charge < -0.3 is 10.5 Å². The van der Waals surface area contributed by atoms with E-state index in [0.717, 1.165) is 10.7 Å². The van der Waals surface area contributed by atoms with Gasteiger partial charge in [-0.1, -0.05) is 17.7 Å². The zero-order chi connectivity index (χ0) is 14.2. The number of rotatable bonds is 2. The fourth-order valence-corrected chi connectivity index (χ4v) is 1.84. The van der Waals surface area contributed by atoms with E-state index in [0.29, 0.717) is 0 Å². The van der Waals surface area contributed by atoms with Crippen molar-refractivity contribution in [3.05, 3.63) is 35.0 Å². The van der Waals surface area contributed by atoms with Gasteiger partial charge in [0.05, 0.1) is 12.1 Å². The number of para-hydroxylation sites is 1. The van der Waals surface area contributed by atoms with E-state index in [1.165, 1.54) is 13.2 Å². The topological polar surface area (TPSA) is 53.1 Å². The summed E-state index contributed by atoms with van der Waals surface area (Å²) in [6, 6.07) is 5.37. The first-order chi connectivity index (χ1) is 8.84. The maximum atomic E-state index is 12.6. The summed E-state index contributed by atoms with van der Waals surface area (Å²) < 4.78 is 43.7. The van der Waals surface area contributed by atoms with Gasteiger partial charge in [-0.05, 0) is 12.1 Å². The number of anilines is 1.